The molecule has 0 spiro atoms. The second kappa shape index (κ2) is 19.4. The summed E-state index contributed by atoms with van der Waals surface area (Å²) in [5.74, 6) is 1.24. The van der Waals surface area contributed by atoms with Crippen LogP contribution >= 0.6 is 0 Å². The first-order chi connectivity index (χ1) is 21.0. The molecule has 0 aromatic heterocycles. The summed E-state index contributed by atoms with van der Waals surface area (Å²) in [5, 5.41) is 0. The van der Waals surface area contributed by atoms with E-state index < -0.39 is 0 Å². The molecule has 0 radical (unpaired) electrons. The number of unbranched alkanes of at least 4 members (excludes halogenated alkanes) is 8. The molecule has 0 N–H and O–H groups in total. The summed E-state index contributed by atoms with van der Waals surface area (Å²) in [6.07, 6.45) is 13.7. The van der Waals surface area contributed by atoms with Gasteiger partial charge in [0.25, 0.3) is 0 Å². The highest BCUT2D eigenvalue weighted by molar-refractivity contribution is 5.91. The van der Waals surface area contributed by atoms with Crippen molar-refractivity contribution in [3.8, 4) is 22.6 Å². The second-order valence-electron chi connectivity index (χ2n) is 11.3. The molecule has 3 aromatic carbocycles. The monoisotopic (exact) mass is 584 g/mol. The summed E-state index contributed by atoms with van der Waals surface area (Å²) in [7, 11) is 0. The zero-order valence-electron chi connectivity index (χ0n) is 26.0. The molecule has 5 heteroatoms. The van der Waals surface area contributed by atoms with E-state index in [2.05, 4.69) is 44.7 Å². The van der Waals surface area contributed by atoms with Gasteiger partial charge in [-0.1, -0.05) is 108 Å². The van der Waals surface area contributed by atoms with Crippen LogP contribution in [0.1, 0.15) is 94.0 Å². The maximum Gasteiger partial charge on any atom is 0.343 e. The minimum atomic E-state index is -0.384. The maximum absolute atomic E-state index is 12.7. The quantitative estimate of drug-likeness (QED) is 0.0572. The highest BCUT2D eigenvalue weighted by Crippen LogP contribution is 2.25. The molecule has 0 bridgehead atoms. The third-order valence-corrected chi connectivity index (χ3v) is 7.69. The van der Waals surface area contributed by atoms with Crippen molar-refractivity contribution in [3.63, 3.8) is 0 Å². The Kier molecular flexibility index (Phi) is 15.1. The number of esters is 2. The van der Waals surface area contributed by atoms with Crippen LogP contribution in [-0.4, -0.2) is 25.2 Å². The fraction of sp³-hybridized carbons (Fsp3) is 0.421. The number of ether oxygens (including phenoxy) is 3. The molecule has 0 fully saturated rings. The van der Waals surface area contributed by atoms with Crippen molar-refractivity contribution in [2.75, 3.05) is 13.2 Å². The average Bonchev–Trinajstić information content (AvgIpc) is 3.04. The molecule has 3 rings (SSSR count). The Morgan fingerprint density at radius 1 is 0.698 bits per heavy atom. The van der Waals surface area contributed by atoms with Crippen molar-refractivity contribution in [2.45, 2.75) is 84.5 Å². The Bertz CT molecular complexity index is 1230. The molecule has 0 aliphatic heterocycles. The smallest absolute Gasteiger partial charge is 0.343 e. The summed E-state index contributed by atoms with van der Waals surface area (Å²) >= 11 is 0. The van der Waals surface area contributed by atoms with E-state index in [1.165, 1.54) is 50.2 Å². The summed E-state index contributed by atoms with van der Waals surface area (Å²) in [6, 6.07) is 23.5. The minimum Gasteiger partial charge on any atom is -0.494 e. The third kappa shape index (κ3) is 12.9. The van der Waals surface area contributed by atoms with Crippen LogP contribution in [0.5, 0.6) is 11.5 Å². The lowest BCUT2D eigenvalue weighted by atomic mass is 9.97. The van der Waals surface area contributed by atoms with E-state index in [-0.39, 0.29) is 11.9 Å². The molecule has 0 saturated heterocycles. The number of benzene rings is 3. The van der Waals surface area contributed by atoms with E-state index in [4.69, 9.17) is 14.2 Å². The van der Waals surface area contributed by atoms with Crippen LogP contribution in [0.2, 0.25) is 0 Å². The summed E-state index contributed by atoms with van der Waals surface area (Å²) in [6.45, 7) is 9.05. The normalized spacial score (nSPS) is 11.5. The van der Waals surface area contributed by atoms with Crippen LogP contribution in [0.25, 0.3) is 11.1 Å². The summed E-state index contributed by atoms with van der Waals surface area (Å²) < 4.78 is 16.4. The third-order valence-electron chi connectivity index (χ3n) is 7.69. The van der Waals surface area contributed by atoms with Crippen LogP contribution in [0, 0.1) is 5.92 Å². The molecular formula is C38H48O5. The lowest BCUT2D eigenvalue weighted by Gasteiger charge is -2.10. The topological polar surface area (TPSA) is 61.8 Å². The first kappa shape index (κ1) is 33.6. The first-order valence-corrected chi connectivity index (χ1v) is 15.9. The molecule has 1 unspecified atom stereocenters. The van der Waals surface area contributed by atoms with E-state index in [1.807, 2.05) is 36.4 Å². The number of rotatable bonds is 20. The Morgan fingerprint density at radius 3 is 1.77 bits per heavy atom. The average molecular weight is 585 g/mol. The Hall–Kier alpha value is -3.86. The van der Waals surface area contributed by atoms with Crippen LogP contribution in [-0.2, 0) is 16.0 Å². The number of carbonyl (C=O) groups is 2. The van der Waals surface area contributed by atoms with Gasteiger partial charge in [0.2, 0.25) is 0 Å². The SMILES string of the molecule is C=CC(=O)OCCCCCCCCCCCOc1ccc(C(=O)Oc2ccc(-c3ccc(CC(C)CC)cc3)cc2)cc1. The molecule has 5 nitrogen and oxygen atoms in total. The van der Waals surface area contributed by atoms with Crippen molar-refractivity contribution >= 4 is 11.9 Å². The van der Waals surface area contributed by atoms with E-state index in [9.17, 15) is 9.59 Å². The van der Waals surface area contributed by atoms with Gasteiger partial charge in [0.1, 0.15) is 11.5 Å². The van der Waals surface area contributed by atoms with Crippen molar-refractivity contribution < 1.29 is 23.8 Å². The number of hydrogen-bond acceptors (Lipinski definition) is 5. The van der Waals surface area contributed by atoms with Gasteiger partial charge in [0, 0.05) is 6.08 Å². The Labute approximate surface area is 258 Å². The van der Waals surface area contributed by atoms with Gasteiger partial charge in [-0.15, -0.1) is 0 Å². The van der Waals surface area contributed by atoms with E-state index in [0.717, 1.165) is 49.0 Å². The molecule has 0 heterocycles. The van der Waals surface area contributed by atoms with Crippen LogP contribution in [0.15, 0.2) is 85.5 Å². The molecule has 0 amide bonds. The van der Waals surface area contributed by atoms with Gasteiger partial charge in [-0.3, -0.25) is 0 Å². The molecule has 1 atom stereocenters. The lowest BCUT2D eigenvalue weighted by molar-refractivity contribution is -0.137. The van der Waals surface area contributed by atoms with Crippen LogP contribution in [0.4, 0.5) is 0 Å². The summed E-state index contributed by atoms with van der Waals surface area (Å²) in [4.78, 5) is 23.6. The molecule has 230 valence electrons. The fourth-order valence-electron chi connectivity index (χ4n) is 4.81. The van der Waals surface area contributed by atoms with Gasteiger partial charge < -0.3 is 14.2 Å². The standard InChI is InChI=1S/C38H48O5/c1-4-30(3)29-31-15-17-32(18-16-31)33-19-25-36(26-20-33)43-38(40)34-21-23-35(24-22-34)41-27-13-11-9-7-6-8-10-12-14-28-42-37(39)5-2/h5,15-26,30H,2,4,6-14,27-29H2,1,3H3. The largest absolute Gasteiger partial charge is 0.494 e. The maximum atomic E-state index is 12.7. The molecule has 0 aliphatic carbocycles. The van der Waals surface area contributed by atoms with Gasteiger partial charge in [-0.05, 0) is 78.3 Å². The fourth-order valence-corrected chi connectivity index (χ4v) is 4.81. The highest BCUT2D eigenvalue weighted by Gasteiger charge is 2.10. The van der Waals surface area contributed by atoms with E-state index in [1.54, 1.807) is 12.1 Å². The zero-order valence-corrected chi connectivity index (χ0v) is 26.0. The minimum absolute atomic E-state index is 0.340. The predicted molar refractivity (Wildman–Crippen MR) is 175 cm³/mol. The molecule has 0 aliphatic rings. The molecular weight excluding hydrogens is 536 g/mol. The lowest BCUT2D eigenvalue weighted by Crippen LogP contribution is -2.08. The van der Waals surface area contributed by atoms with Gasteiger partial charge in [-0.2, -0.15) is 0 Å². The van der Waals surface area contributed by atoms with E-state index >= 15 is 0 Å². The first-order valence-electron chi connectivity index (χ1n) is 15.9. The van der Waals surface area contributed by atoms with E-state index in [0.29, 0.717) is 30.4 Å². The molecule has 43 heavy (non-hydrogen) atoms. The molecule has 0 saturated carbocycles. The highest BCUT2D eigenvalue weighted by atomic mass is 16.5. The van der Waals surface area contributed by atoms with Crippen molar-refractivity contribution in [1.82, 2.24) is 0 Å². The number of hydrogen-bond donors (Lipinski definition) is 0. The Morgan fingerprint density at radius 2 is 1.21 bits per heavy atom. The second-order valence-corrected chi connectivity index (χ2v) is 11.3. The Balaban J connectivity index is 1.28. The predicted octanol–water partition coefficient (Wildman–Crippen LogP) is 9.78. The van der Waals surface area contributed by atoms with Crippen molar-refractivity contribution in [2.24, 2.45) is 5.92 Å². The van der Waals surface area contributed by atoms with Gasteiger partial charge in [0.05, 0.1) is 18.8 Å². The number of carbonyl (C=O) groups excluding carboxylic acids is 2. The van der Waals surface area contributed by atoms with Crippen molar-refractivity contribution in [1.29, 1.82) is 0 Å². The van der Waals surface area contributed by atoms with Gasteiger partial charge in [0.15, 0.2) is 0 Å². The summed E-state index contributed by atoms with van der Waals surface area (Å²) in [5.41, 5.74) is 4.09. The van der Waals surface area contributed by atoms with Gasteiger partial charge in [-0.25, -0.2) is 9.59 Å². The zero-order chi connectivity index (χ0) is 30.7. The van der Waals surface area contributed by atoms with Crippen LogP contribution < -0.4 is 9.47 Å². The van der Waals surface area contributed by atoms with Gasteiger partial charge >= 0.3 is 11.9 Å². The van der Waals surface area contributed by atoms with Crippen LogP contribution in [0.3, 0.4) is 0 Å². The van der Waals surface area contributed by atoms with Crippen molar-refractivity contribution in [3.05, 3.63) is 96.6 Å². The molecule has 3 aromatic rings.